The number of benzene rings is 2. The van der Waals surface area contributed by atoms with Crippen molar-refractivity contribution in [3.63, 3.8) is 0 Å². The molecule has 0 spiro atoms. The Morgan fingerprint density at radius 2 is 1.70 bits per heavy atom. The molecule has 5 nitrogen and oxygen atoms in total. The van der Waals surface area contributed by atoms with E-state index in [0.717, 1.165) is 43.1 Å². The molecule has 0 saturated carbocycles. The van der Waals surface area contributed by atoms with Crippen LogP contribution in [0.15, 0.2) is 66.9 Å². The van der Waals surface area contributed by atoms with Gasteiger partial charge in [0, 0.05) is 31.4 Å². The fourth-order valence-corrected chi connectivity index (χ4v) is 4.19. The lowest BCUT2D eigenvalue weighted by molar-refractivity contribution is 0.0981. The van der Waals surface area contributed by atoms with E-state index in [1.807, 2.05) is 29.2 Å². The van der Waals surface area contributed by atoms with E-state index in [2.05, 4.69) is 73.3 Å². The van der Waals surface area contributed by atoms with Crippen LogP contribution >= 0.6 is 0 Å². The molecule has 1 aromatic heterocycles. The van der Waals surface area contributed by atoms with Crippen LogP contribution < -0.4 is 5.32 Å². The molecule has 5 heteroatoms. The molecule has 2 aromatic carbocycles. The number of carbonyl (C=O) groups excluding carboxylic acids is 1. The lowest BCUT2D eigenvalue weighted by Crippen LogP contribution is -2.51. The molecule has 156 valence electrons. The number of urea groups is 1. The Labute approximate surface area is 178 Å². The maximum absolute atomic E-state index is 12.8. The van der Waals surface area contributed by atoms with Crippen LogP contribution in [-0.2, 0) is 6.54 Å². The minimum atomic E-state index is -0.164. The number of nitrogens with one attached hydrogen (secondary N) is 1. The SMILES string of the molecule is CC(C)(C)C(c1nc(-c2ccccc2)cn1Cc1ccccc1)N1CCCNC1=O. The summed E-state index contributed by atoms with van der Waals surface area (Å²) < 4.78 is 2.22. The first-order valence-corrected chi connectivity index (χ1v) is 10.6. The van der Waals surface area contributed by atoms with Gasteiger partial charge in [-0.1, -0.05) is 81.4 Å². The van der Waals surface area contributed by atoms with Crippen molar-refractivity contribution in [2.24, 2.45) is 5.41 Å². The van der Waals surface area contributed by atoms with Crippen molar-refractivity contribution in [2.75, 3.05) is 13.1 Å². The Kier molecular flexibility index (Phi) is 5.62. The molecule has 1 aliphatic heterocycles. The maximum atomic E-state index is 12.8. The van der Waals surface area contributed by atoms with Crippen LogP contribution in [0.1, 0.15) is 44.6 Å². The second-order valence-electron chi connectivity index (χ2n) is 9.01. The molecule has 2 amide bonds. The van der Waals surface area contributed by atoms with Crippen LogP contribution in [0.4, 0.5) is 4.79 Å². The number of imidazole rings is 1. The van der Waals surface area contributed by atoms with Gasteiger partial charge in [0.05, 0.1) is 11.7 Å². The standard InChI is InChI=1S/C25H30N4O/c1-25(2,3)22(29-16-10-15-26-24(29)30)23-27-21(20-13-8-5-9-14-20)18-28(23)17-19-11-6-4-7-12-19/h4-9,11-14,18,22H,10,15-17H2,1-3H3,(H,26,30). The molecule has 1 aliphatic rings. The zero-order valence-corrected chi connectivity index (χ0v) is 18.0. The number of amides is 2. The Balaban J connectivity index is 1.82. The van der Waals surface area contributed by atoms with Crippen molar-refractivity contribution < 1.29 is 4.79 Å². The monoisotopic (exact) mass is 402 g/mol. The fourth-order valence-electron chi connectivity index (χ4n) is 4.19. The molecule has 1 saturated heterocycles. The van der Waals surface area contributed by atoms with Gasteiger partial charge in [0.15, 0.2) is 0 Å². The van der Waals surface area contributed by atoms with Gasteiger partial charge >= 0.3 is 6.03 Å². The average Bonchev–Trinajstić information content (AvgIpc) is 3.13. The molecule has 30 heavy (non-hydrogen) atoms. The van der Waals surface area contributed by atoms with Gasteiger partial charge in [-0.3, -0.25) is 0 Å². The average molecular weight is 403 g/mol. The van der Waals surface area contributed by atoms with Crippen LogP contribution in [0.3, 0.4) is 0 Å². The number of nitrogens with zero attached hydrogens (tertiary/aromatic N) is 3. The summed E-state index contributed by atoms with van der Waals surface area (Å²) in [4.78, 5) is 19.8. The molecular formula is C25H30N4O. The summed E-state index contributed by atoms with van der Waals surface area (Å²) in [6.45, 7) is 8.75. The third kappa shape index (κ3) is 4.25. The summed E-state index contributed by atoms with van der Waals surface area (Å²) in [6, 6.07) is 20.5. The highest BCUT2D eigenvalue weighted by Crippen LogP contribution is 2.39. The zero-order chi connectivity index (χ0) is 21.1. The van der Waals surface area contributed by atoms with Gasteiger partial charge in [-0.25, -0.2) is 9.78 Å². The molecule has 0 radical (unpaired) electrons. The van der Waals surface area contributed by atoms with Gasteiger partial charge in [0.25, 0.3) is 0 Å². The summed E-state index contributed by atoms with van der Waals surface area (Å²) in [7, 11) is 0. The third-order valence-electron chi connectivity index (χ3n) is 5.56. The zero-order valence-electron chi connectivity index (χ0n) is 18.0. The van der Waals surface area contributed by atoms with Crippen molar-refractivity contribution in [3.8, 4) is 11.3 Å². The molecule has 1 fully saturated rings. The minimum Gasteiger partial charge on any atom is -0.338 e. The van der Waals surface area contributed by atoms with E-state index in [1.54, 1.807) is 0 Å². The summed E-state index contributed by atoms with van der Waals surface area (Å²) in [5, 5.41) is 3.01. The van der Waals surface area contributed by atoms with Crippen molar-refractivity contribution in [3.05, 3.63) is 78.2 Å². The number of rotatable bonds is 5. The first kappa shape index (κ1) is 20.2. The topological polar surface area (TPSA) is 50.2 Å². The first-order chi connectivity index (χ1) is 14.4. The summed E-state index contributed by atoms with van der Waals surface area (Å²) in [5.74, 6) is 0.933. The Morgan fingerprint density at radius 3 is 2.33 bits per heavy atom. The Bertz CT molecular complexity index is 989. The molecular weight excluding hydrogens is 372 g/mol. The van der Waals surface area contributed by atoms with E-state index >= 15 is 0 Å². The van der Waals surface area contributed by atoms with E-state index in [0.29, 0.717) is 0 Å². The molecule has 3 aromatic rings. The molecule has 1 unspecified atom stereocenters. The smallest absolute Gasteiger partial charge is 0.318 e. The largest absolute Gasteiger partial charge is 0.338 e. The van der Waals surface area contributed by atoms with Gasteiger partial charge in [-0.15, -0.1) is 0 Å². The van der Waals surface area contributed by atoms with Gasteiger partial charge < -0.3 is 14.8 Å². The Hall–Kier alpha value is -3.08. The second kappa shape index (κ2) is 8.34. The van der Waals surface area contributed by atoms with Crippen LogP contribution in [0.25, 0.3) is 11.3 Å². The van der Waals surface area contributed by atoms with Gasteiger partial charge in [0.2, 0.25) is 0 Å². The van der Waals surface area contributed by atoms with E-state index < -0.39 is 0 Å². The second-order valence-corrected chi connectivity index (χ2v) is 9.01. The van der Waals surface area contributed by atoms with Crippen molar-refractivity contribution in [2.45, 2.75) is 39.8 Å². The lowest BCUT2D eigenvalue weighted by Gasteiger charge is -2.41. The number of carbonyl (C=O) groups is 1. The van der Waals surface area contributed by atoms with Crippen LogP contribution in [0.5, 0.6) is 0 Å². The van der Waals surface area contributed by atoms with Gasteiger partial charge in [0.1, 0.15) is 5.82 Å². The quantitative estimate of drug-likeness (QED) is 0.645. The molecule has 2 heterocycles. The highest BCUT2D eigenvalue weighted by atomic mass is 16.2. The van der Waals surface area contributed by atoms with Crippen LogP contribution in [0, 0.1) is 5.41 Å². The van der Waals surface area contributed by atoms with E-state index in [4.69, 9.17) is 4.98 Å². The van der Waals surface area contributed by atoms with Gasteiger partial charge in [-0.05, 0) is 17.4 Å². The highest BCUT2D eigenvalue weighted by molar-refractivity contribution is 5.75. The summed E-state index contributed by atoms with van der Waals surface area (Å²) in [5.41, 5.74) is 3.07. The van der Waals surface area contributed by atoms with Gasteiger partial charge in [-0.2, -0.15) is 0 Å². The molecule has 4 rings (SSSR count). The van der Waals surface area contributed by atoms with Crippen molar-refractivity contribution >= 4 is 6.03 Å². The molecule has 1 N–H and O–H groups in total. The van der Waals surface area contributed by atoms with Crippen molar-refractivity contribution in [1.29, 1.82) is 0 Å². The third-order valence-corrected chi connectivity index (χ3v) is 5.56. The maximum Gasteiger partial charge on any atom is 0.318 e. The predicted molar refractivity (Wildman–Crippen MR) is 120 cm³/mol. The lowest BCUT2D eigenvalue weighted by atomic mass is 9.84. The first-order valence-electron chi connectivity index (χ1n) is 10.6. The number of hydrogen-bond donors (Lipinski definition) is 1. The number of aromatic nitrogens is 2. The van der Waals surface area contributed by atoms with E-state index in [9.17, 15) is 4.79 Å². The number of hydrogen-bond acceptors (Lipinski definition) is 2. The minimum absolute atomic E-state index is 0.00306. The van der Waals surface area contributed by atoms with E-state index in [-0.39, 0.29) is 17.5 Å². The van der Waals surface area contributed by atoms with Crippen LogP contribution in [0.2, 0.25) is 0 Å². The normalized spacial score (nSPS) is 15.7. The van der Waals surface area contributed by atoms with Crippen molar-refractivity contribution in [1.82, 2.24) is 19.8 Å². The molecule has 0 bridgehead atoms. The Morgan fingerprint density at radius 1 is 1.03 bits per heavy atom. The predicted octanol–water partition coefficient (Wildman–Crippen LogP) is 5.10. The molecule has 1 atom stereocenters. The molecule has 0 aliphatic carbocycles. The fraction of sp³-hybridized carbons (Fsp3) is 0.360. The summed E-state index contributed by atoms with van der Waals surface area (Å²) >= 11 is 0. The highest BCUT2D eigenvalue weighted by Gasteiger charge is 2.39. The van der Waals surface area contributed by atoms with E-state index in [1.165, 1.54) is 5.56 Å². The van der Waals surface area contributed by atoms with Crippen LogP contribution in [-0.4, -0.2) is 33.6 Å². The summed E-state index contributed by atoms with van der Waals surface area (Å²) in [6.07, 6.45) is 3.07.